The van der Waals surface area contributed by atoms with Gasteiger partial charge in [-0.2, -0.15) is 5.26 Å². The molecule has 0 unspecified atom stereocenters. The van der Waals surface area contributed by atoms with Gasteiger partial charge in [0.1, 0.15) is 18.2 Å². The number of benzene rings is 3. The van der Waals surface area contributed by atoms with Gasteiger partial charge in [0.05, 0.1) is 20.7 Å². The fourth-order valence-electron chi connectivity index (χ4n) is 2.80. The molecule has 0 bridgehead atoms. The van der Waals surface area contributed by atoms with E-state index in [0.29, 0.717) is 32.8 Å². The van der Waals surface area contributed by atoms with Crippen molar-refractivity contribution in [2.75, 3.05) is 12.4 Å². The van der Waals surface area contributed by atoms with Crippen molar-refractivity contribution in [3.63, 3.8) is 0 Å². The minimum Gasteiger partial charge on any atom is -0.493 e. The van der Waals surface area contributed by atoms with Gasteiger partial charge in [0, 0.05) is 10.2 Å². The van der Waals surface area contributed by atoms with E-state index >= 15 is 0 Å². The highest BCUT2D eigenvalue weighted by molar-refractivity contribution is 14.1. The van der Waals surface area contributed by atoms with Crippen LogP contribution in [0.5, 0.6) is 11.5 Å². The summed E-state index contributed by atoms with van der Waals surface area (Å²) in [6, 6.07) is 17.8. The molecule has 9 heteroatoms. The Balaban J connectivity index is 1.81. The number of hydrogen-bond donors (Lipinski definition) is 1. The highest BCUT2D eigenvalue weighted by Crippen LogP contribution is 2.35. The number of rotatable bonds is 7. The normalized spacial score (nSPS) is 11.0. The Morgan fingerprint density at radius 2 is 1.88 bits per heavy atom. The topological polar surface area (TPSA) is 71.3 Å². The lowest BCUT2D eigenvalue weighted by molar-refractivity contribution is -0.112. The lowest BCUT2D eigenvalue weighted by Crippen LogP contribution is -2.13. The predicted octanol–water partition coefficient (Wildman–Crippen LogP) is 7.49. The molecule has 0 atom stereocenters. The third kappa shape index (κ3) is 6.87. The molecule has 3 aromatic rings. The average molecular weight is 658 g/mol. The van der Waals surface area contributed by atoms with Gasteiger partial charge in [-0.05, 0) is 88.3 Å². The lowest BCUT2D eigenvalue weighted by Gasteiger charge is -2.14. The Kier molecular flexibility index (Phi) is 9.03. The molecule has 0 aliphatic heterocycles. The summed E-state index contributed by atoms with van der Waals surface area (Å²) in [6.45, 7) is 0.261. The summed E-state index contributed by atoms with van der Waals surface area (Å²) in [7, 11) is 1.52. The van der Waals surface area contributed by atoms with Gasteiger partial charge in [-0.1, -0.05) is 45.2 Å². The van der Waals surface area contributed by atoms with Gasteiger partial charge in [-0.25, -0.2) is 0 Å². The molecule has 0 saturated heterocycles. The number of carbonyl (C=O) groups excluding carboxylic acids is 1. The summed E-state index contributed by atoms with van der Waals surface area (Å²) in [5, 5.41) is 13.2. The summed E-state index contributed by atoms with van der Waals surface area (Å²) in [5.74, 6) is 0.506. The van der Waals surface area contributed by atoms with Crippen LogP contribution in [0.25, 0.3) is 6.08 Å². The number of nitriles is 1. The van der Waals surface area contributed by atoms with E-state index in [1.54, 1.807) is 48.5 Å². The number of ether oxygens (including phenoxy) is 2. The van der Waals surface area contributed by atoms with Crippen LogP contribution in [0.1, 0.15) is 11.1 Å². The molecule has 0 fully saturated rings. The van der Waals surface area contributed by atoms with Crippen LogP contribution in [-0.4, -0.2) is 13.0 Å². The molecule has 3 rings (SSSR count). The number of nitrogens with one attached hydrogen (secondary N) is 1. The Morgan fingerprint density at radius 1 is 1.15 bits per heavy atom. The van der Waals surface area contributed by atoms with E-state index in [9.17, 15) is 10.1 Å². The fourth-order valence-corrected chi connectivity index (χ4v) is 4.16. The monoisotopic (exact) mass is 656 g/mol. The first-order valence-electron chi connectivity index (χ1n) is 9.43. The van der Waals surface area contributed by atoms with Crippen LogP contribution in [0, 0.1) is 14.9 Å². The molecule has 5 nitrogen and oxygen atoms in total. The Hall–Kier alpha value is -2.25. The zero-order valence-corrected chi connectivity index (χ0v) is 22.4. The molecule has 1 N–H and O–H groups in total. The van der Waals surface area contributed by atoms with Crippen LogP contribution in [0.15, 0.2) is 64.6 Å². The van der Waals surface area contributed by atoms with E-state index in [-0.39, 0.29) is 12.2 Å². The van der Waals surface area contributed by atoms with Gasteiger partial charge in [0.2, 0.25) is 0 Å². The maximum absolute atomic E-state index is 12.6. The van der Waals surface area contributed by atoms with E-state index in [2.05, 4.69) is 43.8 Å². The molecule has 0 aliphatic carbocycles. The van der Waals surface area contributed by atoms with Crippen LogP contribution in [0.3, 0.4) is 0 Å². The molecule has 168 valence electrons. The number of amides is 1. The van der Waals surface area contributed by atoms with Crippen molar-refractivity contribution in [3.8, 4) is 17.6 Å². The van der Waals surface area contributed by atoms with Gasteiger partial charge >= 0.3 is 0 Å². The zero-order valence-electron chi connectivity index (χ0n) is 17.2. The smallest absolute Gasteiger partial charge is 0.266 e. The standard InChI is InChI=1S/C24H16BrCl2IN2O3/c1-32-22-11-15(8-16(12-29)24(31)30-18-5-3-17(25)4-6-18)10-21(28)23(22)33-13-14-2-7-19(26)20(27)9-14/h2-11H,13H2,1H3,(H,30,31)/b16-8-. The van der Waals surface area contributed by atoms with Gasteiger partial charge in [0.15, 0.2) is 11.5 Å². The summed E-state index contributed by atoms with van der Waals surface area (Å²) in [6.07, 6.45) is 1.50. The molecule has 0 aromatic heterocycles. The molecular weight excluding hydrogens is 642 g/mol. The third-order valence-corrected chi connectivity index (χ3v) is 6.47. The minimum absolute atomic E-state index is 0.0414. The van der Waals surface area contributed by atoms with Crippen molar-refractivity contribution in [1.29, 1.82) is 5.26 Å². The summed E-state index contributed by atoms with van der Waals surface area (Å²) < 4.78 is 13.1. The van der Waals surface area contributed by atoms with E-state index in [1.165, 1.54) is 13.2 Å². The van der Waals surface area contributed by atoms with Gasteiger partial charge < -0.3 is 14.8 Å². The fraction of sp³-hybridized carbons (Fsp3) is 0.0833. The minimum atomic E-state index is -0.506. The largest absolute Gasteiger partial charge is 0.493 e. The summed E-state index contributed by atoms with van der Waals surface area (Å²) in [4.78, 5) is 12.6. The molecule has 33 heavy (non-hydrogen) atoms. The molecule has 0 saturated carbocycles. The van der Waals surface area contributed by atoms with Crippen molar-refractivity contribution < 1.29 is 14.3 Å². The summed E-state index contributed by atoms with van der Waals surface area (Å²) in [5.41, 5.74) is 2.02. The first-order chi connectivity index (χ1) is 15.8. The van der Waals surface area contributed by atoms with Crippen LogP contribution < -0.4 is 14.8 Å². The van der Waals surface area contributed by atoms with Gasteiger partial charge in [-0.15, -0.1) is 0 Å². The van der Waals surface area contributed by atoms with E-state index < -0.39 is 5.91 Å². The SMILES string of the molecule is COc1cc(/C=C(/C#N)C(=O)Nc2ccc(Br)cc2)cc(I)c1OCc1ccc(Cl)c(Cl)c1. The van der Waals surface area contributed by atoms with Crippen LogP contribution in [-0.2, 0) is 11.4 Å². The van der Waals surface area contributed by atoms with Crippen LogP contribution in [0.4, 0.5) is 5.69 Å². The Morgan fingerprint density at radius 3 is 2.52 bits per heavy atom. The second kappa shape index (κ2) is 11.7. The molecule has 0 aliphatic rings. The number of carbonyl (C=O) groups is 1. The first-order valence-corrected chi connectivity index (χ1v) is 12.1. The number of halogens is 4. The highest BCUT2D eigenvalue weighted by atomic mass is 127. The van der Waals surface area contributed by atoms with Crippen LogP contribution >= 0.6 is 61.7 Å². The zero-order chi connectivity index (χ0) is 24.0. The molecule has 1 amide bonds. The molecular formula is C24H16BrCl2IN2O3. The first kappa shape index (κ1) is 25.4. The Labute approximate surface area is 223 Å². The second-order valence-corrected chi connectivity index (χ2v) is 9.59. The highest BCUT2D eigenvalue weighted by Gasteiger charge is 2.14. The van der Waals surface area contributed by atoms with Crippen LogP contribution in [0.2, 0.25) is 10.0 Å². The predicted molar refractivity (Wildman–Crippen MR) is 143 cm³/mol. The number of anilines is 1. The van der Waals surface area contributed by atoms with Gasteiger partial charge in [0.25, 0.3) is 5.91 Å². The molecule has 0 heterocycles. The average Bonchev–Trinajstić information content (AvgIpc) is 2.80. The molecule has 0 radical (unpaired) electrons. The number of methoxy groups -OCH3 is 1. The van der Waals surface area contributed by atoms with Crippen molar-refractivity contribution >= 4 is 79.4 Å². The second-order valence-electron chi connectivity index (χ2n) is 6.70. The molecule has 0 spiro atoms. The van der Waals surface area contributed by atoms with E-state index in [1.807, 2.05) is 12.1 Å². The lowest BCUT2D eigenvalue weighted by atomic mass is 10.1. The maximum Gasteiger partial charge on any atom is 0.266 e. The quantitative estimate of drug-likeness (QED) is 0.162. The van der Waals surface area contributed by atoms with E-state index in [0.717, 1.165) is 13.6 Å². The maximum atomic E-state index is 12.6. The molecule has 3 aromatic carbocycles. The third-order valence-electron chi connectivity index (χ3n) is 4.40. The summed E-state index contributed by atoms with van der Waals surface area (Å²) >= 11 is 17.5. The van der Waals surface area contributed by atoms with Crippen molar-refractivity contribution in [2.45, 2.75) is 6.61 Å². The Bertz CT molecular complexity index is 1260. The van der Waals surface area contributed by atoms with Crippen molar-refractivity contribution in [3.05, 3.63) is 89.4 Å². The van der Waals surface area contributed by atoms with Crippen molar-refractivity contribution in [2.24, 2.45) is 0 Å². The van der Waals surface area contributed by atoms with Crippen molar-refractivity contribution in [1.82, 2.24) is 0 Å². The van der Waals surface area contributed by atoms with Gasteiger partial charge in [-0.3, -0.25) is 4.79 Å². The number of nitrogens with zero attached hydrogens (tertiary/aromatic N) is 1. The number of hydrogen-bond acceptors (Lipinski definition) is 4. The van der Waals surface area contributed by atoms with E-state index in [4.69, 9.17) is 32.7 Å².